The van der Waals surface area contributed by atoms with E-state index in [0.29, 0.717) is 6.04 Å². The lowest BCUT2D eigenvalue weighted by Gasteiger charge is -2.41. The predicted molar refractivity (Wildman–Crippen MR) is 94.4 cm³/mol. The van der Waals surface area contributed by atoms with Gasteiger partial charge in [-0.3, -0.25) is 4.90 Å². The van der Waals surface area contributed by atoms with Crippen LogP contribution in [0.1, 0.15) is 23.6 Å². The Morgan fingerprint density at radius 2 is 1.91 bits per heavy atom. The van der Waals surface area contributed by atoms with E-state index in [1.807, 2.05) is 18.2 Å². The monoisotopic (exact) mass is 305 g/mol. The molecule has 0 saturated carbocycles. The molecule has 0 aliphatic carbocycles. The Kier molecular flexibility index (Phi) is 4.64. The molecule has 118 valence electrons. The van der Waals surface area contributed by atoms with Crippen LogP contribution in [0.3, 0.4) is 0 Å². The molecule has 0 radical (unpaired) electrons. The van der Waals surface area contributed by atoms with E-state index >= 15 is 0 Å². The summed E-state index contributed by atoms with van der Waals surface area (Å²) in [4.78, 5) is 4.97. The molecule has 0 spiro atoms. The number of piperazine rings is 1. The Hall–Kier alpha value is -2.31. The van der Waals surface area contributed by atoms with Gasteiger partial charge in [0.25, 0.3) is 0 Å². The summed E-state index contributed by atoms with van der Waals surface area (Å²) in [5, 5.41) is 9.02. The van der Waals surface area contributed by atoms with Gasteiger partial charge in [-0.2, -0.15) is 5.26 Å². The highest BCUT2D eigenvalue weighted by molar-refractivity contribution is 5.49. The van der Waals surface area contributed by atoms with Crippen LogP contribution in [-0.4, -0.2) is 30.6 Å². The Morgan fingerprint density at radius 3 is 2.61 bits per heavy atom. The van der Waals surface area contributed by atoms with Crippen LogP contribution in [-0.2, 0) is 6.54 Å². The molecular formula is C20H23N3. The van der Waals surface area contributed by atoms with Gasteiger partial charge in [0, 0.05) is 37.9 Å². The molecule has 0 aromatic heterocycles. The molecule has 1 atom stereocenters. The smallest absolute Gasteiger partial charge is 0.0991 e. The van der Waals surface area contributed by atoms with Crippen molar-refractivity contribution >= 4 is 5.69 Å². The van der Waals surface area contributed by atoms with E-state index in [9.17, 15) is 0 Å². The van der Waals surface area contributed by atoms with Gasteiger partial charge < -0.3 is 4.90 Å². The zero-order chi connectivity index (χ0) is 16.2. The molecule has 2 aromatic carbocycles. The van der Waals surface area contributed by atoms with Gasteiger partial charge in [0.2, 0.25) is 0 Å². The molecule has 3 rings (SSSR count). The average molecular weight is 305 g/mol. The normalized spacial score (nSPS) is 18.7. The number of nitrogens with zero attached hydrogens (tertiary/aromatic N) is 3. The fourth-order valence-electron chi connectivity index (χ4n) is 3.29. The van der Waals surface area contributed by atoms with E-state index in [1.165, 1.54) is 16.8 Å². The first-order chi connectivity index (χ1) is 11.2. The van der Waals surface area contributed by atoms with Crippen molar-refractivity contribution in [2.75, 3.05) is 24.5 Å². The van der Waals surface area contributed by atoms with Crippen molar-refractivity contribution in [3.8, 4) is 6.07 Å². The molecule has 1 aliphatic rings. The second-order valence-electron chi connectivity index (χ2n) is 6.43. The van der Waals surface area contributed by atoms with E-state index < -0.39 is 0 Å². The van der Waals surface area contributed by atoms with E-state index in [0.717, 1.165) is 31.7 Å². The maximum absolute atomic E-state index is 9.02. The van der Waals surface area contributed by atoms with Crippen molar-refractivity contribution < 1.29 is 0 Å². The molecule has 0 N–H and O–H groups in total. The van der Waals surface area contributed by atoms with Crippen molar-refractivity contribution in [2.45, 2.75) is 26.4 Å². The molecule has 0 amide bonds. The van der Waals surface area contributed by atoms with Crippen molar-refractivity contribution in [1.29, 1.82) is 5.26 Å². The van der Waals surface area contributed by atoms with Crippen LogP contribution in [0.15, 0.2) is 48.5 Å². The van der Waals surface area contributed by atoms with Crippen LogP contribution in [0.2, 0.25) is 0 Å². The number of aryl methyl sites for hydroxylation is 1. The Balaban J connectivity index is 1.64. The lowest BCUT2D eigenvalue weighted by Crippen LogP contribution is -2.51. The Labute approximate surface area is 138 Å². The Morgan fingerprint density at radius 1 is 1.13 bits per heavy atom. The number of benzene rings is 2. The molecule has 3 heteroatoms. The summed E-state index contributed by atoms with van der Waals surface area (Å²) in [6.45, 7) is 8.47. The largest absolute Gasteiger partial charge is 0.366 e. The minimum absolute atomic E-state index is 0.491. The van der Waals surface area contributed by atoms with Crippen LogP contribution in [0.5, 0.6) is 0 Å². The topological polar surface area (TPSA) is 30.3 Å². The SMILES string of the molecule is Cc1ccc(N2CCN(Cc3cccc(C#N)c3)CC2C)cc1. The van der Waals surface area contributed by atoms with Gasteiger partial charge in [-0.1, -0.05) is 29.8 Å². The summed E-state index contributed by atoms with van der Waals surface area (Å²) in [5.74, 6) is 0. The fraction of sp³-hybridized carbons (Fsp3) is 0.350. The summed E-state index contributed by atoms with van der Waals surface area (Å²) in [6.07, 6.45) is 0. The number of hydrogen-bond donors (Lipinski definition) is 0. The van der Waals surface area contributed by atoms with Crippen molar-refractivity contribution in [3.63, 3.8) is 0 Å². The van der Waals surface area contributed by atoms with Gasteiger partial charge in [-0.05, 0) is 43.7 Å². The van der Waals surface area contributed by atoms with Gasteiger partial charge >= 0.3 is 0 Å². The highest BCUT2D eigenvalue weighted by Crippen LogP contribution is 2.22. The van der Waals surface area contributed by atoms with Gasteiger partial charge in [0.1, 0.15) is 0 Å². The maximum atomic E-state index is 9.02. The molecule has 1 unspecified atom stereocenters. The zero-order valence-corrected chi connectivity index (χ0v) is 13.9. The third kappa shape index (κ3) is 3.72. The van der Waals surface area contributed by atoms with Gasteiger partial charge in [0.05, 0.1) is 11.6 Å². The predicted octanol–water partition coefficient (Wildman–Crippen LogP) is 3.58. The standard InChI is InChI=1S/C20H23N3/c1-16-6-8-20(9-7-16)23-11-10-22(14-17(23)2)15-19-5-3-4-18(12-19)13-21/h3-9,12,17H,10-11,14-15H2,1-2H3. The molecule has 1 heterocycles. The number of hydrogen-bond acceptors (Lipinski definition) is 3. The minimum Gasteiger partial charge on any atom is -0.366 e. The molecular weight excluding hydrogens is 282 g/mol. The highest BCUT2D eigenvalue weighted by Gasteiger charge is 2.23. The lowest BCUT2D eigenvalue weighted by atomic mass is 10.1. The first-order valence-electron chi connectivity index (χ1n) is 8.20. The van der Waals surface area contributed by atoms with Crippen LogP contribution in [0.25, 0.3) is 0 Å². The zero-order valence-electron chi connectivity index (χ0n) is 13.9. The molecule has 0 bridgehead atoms. The molecule has 23 heavy (non-hydrogen) atoms. The lowest BCUT2D eigenvalue weighted by molar-refractivity contribution is 0.221. The molecule has 1 aliphatic heterocycles. The van der Waals surface area contributed by atoms with Crippen LogP contribution < -0.4 is 4.90 Å². The third-order valence-corrected chi connectivity index (χ3v) is 4.54. The van der Waals surface area contributed by atoms with Crippen molar-refractivity contribution in [1.82, 2.24) is 4.90 Å². The quantitative estimate of drug-likeness (QED) is 0.868. The summed E-state index contributed by atoms with van der Waals surface area (Å²) in [6, 6.07) is 19.5. The maximum Gasteiger partial charge on any atom is 0.0991 e. The van der Waals surface area contributed by atoms with E-state index in [4.69, 9.17) is 5.26 Å². The molecule has 3 nitrogen and oxygen atoms in total. The average Bonchev–Trinajstić information content (AvgIpc) is 2.56. The highest BCUT2D eigenvalue weighted by atomic mass is 15.3. The summed E-state index contributed by atoms with van der Waals surface area (Å²) in [5.41, 5.74) is 4.58. The summed E-state index contributed by atoms with van der Waals surface area (Å²) < 4.78 is 0. The molecule has 1 saturated heterocycles. The number of nitriles is 1. The van der Waals surface area contributed by atoms with E-state index in [-0.39, 0.29) is 0 Å². The van der Waals surface area contributed by atoms with Crippen LogP contribution in [0.4, 0.5) is 5.69 Å². The van der Waals surface area contributed by atoms with Crippen molar-refractivity contribution in [2.24, 2.45) is 0 Å². The van der Waals surface area contributed by atoms with Gasteiger partial charge in [0.15, 0.2) is 0 Å². The van der Waals surface area contributed by atoms with Gasteiger partial charge in [-0.15, -0.1) is 0 Å². The van der Waals surface area contributed by atoms with E-state index in [2.05, 4.69) is 60.0 Å². The minimum atomic E-state index is 0.491. The van der Waals surface area contributed by atoms with Crippen LogP contribution >= 0.6 is 0 Å². The first kappa shape index (κ1) is 15.6. The molecule has 2 aromatic rings. The number of rotatable bonds is 3. The van der Waals surface area contributed by atoms with Crippen molar-refractivity contribution in [3.05, 3.63) is 65.2 Å². The van der Waals surface area contributed by atoms with Crippen LogP contribution in [0, 0.1) is 18.3 Å². The number of anilines is 1. The Bertz CT molecular complexity index is 700. The van der Waals surface area contributed by atoms with E-state index in [1.54, 1.807) is 0 Å². The molecule has 1 fully saturated rings. The summed E-state index contributed by atoms with van der Waals surface area (Å²) >= 11 is 0. The second kappa shape index (κ2) is 6.85. The first-order valence-corrected chi connectivity index (χ1v) is 8.20. The third-order valence-electron chi connectivity index (χ3n) is 4.54. The van der Waals surface area contributed by atoms with Gasteiger partial charge in [-0.25, -0.2) is 0 Å². The summed E-state index contributed by atoms with van der Waals surface area (Å²) in [7, 11) is 0. The second-order valence-corrected chi connectivity index (χ2v) is 6.43. The fourth-order valence-corrected chi connectivity index (χ4v) is 3.29.